The maximum atomic E-state index is 11.7. The first-order valence-electron chi connectivity index (χ1n) is 5.34. The number of sulfonamides is 1. The molecule has 1 unspecified atom stereocenters. The molecule has 0 radical (unpaired) electrons. The molecule has 0 aromatic carbocycles. The molecular weight excluding hydrogens is 212 g/mol. The Morgan fingerprint density at radius 2 is 1.93 bits per heavy atom. The summed E-state index contributed by atoms with van der Waals surface area (Å²) in [6, 6.07) is 1.96. The van der Waals surface area contributed by atoms with Gasteiger partial charge in [0, 0.05) is 0 Å². The molecule has 15 heavy (non-hydrogen) atoms. The molecular formula is C10H20N2O2S. The molecule has 0 aliphatic carbocycles. The van der Waals surface area contributed by atoms with Crippen molar-refractivity contribution in [3.63, 3.8) is 0 Å². The minimum atomic E-state index is -3.51. The molecule has 0 aromatic heterocycles. The van der Waals surface area contributed by atoms with Crippen LogP contribution in [0.4, 0.5) is 0 Å². The van der Waals surface area contributed by atoms with Gasteiger partial charge in [0.2, 0.25) is 10.0 Å². The Kier molecular flexibility index (Phi) is 5.84. The molecule has 1 atom stereocenters. The highest BCUT2D eigenvalue weighted by Crippen LogP contribution is 2.26. The summed E-state index contributed by atoms with van der Waals surface area (Å²) in [6.07, 6.45) is 3.50. The van der Waals surface area contributed by atoms with Crippen LogP contribution >= 0.6 is 0 Å². The van der Waals surface area contributed by atoms with Crippen molar-refractivity contribution in [3.05, 3.63) is 0 Å². The van der Waals surface area contributed by atoms with Crippen molar-refractivity contribution >= 4 is 10.0 Å². The SMILES string of the molecule is CCCCCC(C#N)(CC)S(=O)(=O)NC. The van der Waals surface area contributed by atoms with Crippen LogP contribution in [0.3, 0.4) is 0 Å². The summed E-state index contributed by atoms with van der Waals surface area (Å²) in [5.74, 6) is 0. The lowest BCUT2D eigenvalue weighted by molar-refractivity contribution is 0.503. The van der Waals surface area contributed by atoms with Gasteiger partial charge < -0.3 is 0 Å². The topological polar surface area (TPSA) is 70.0 Å². The number of hydrogen-bond donors (Lipinski definition) is 1. The molecule has 0 aromatic rings. The maximum Gasteiger partial charge on any atom is 0.230 e. The van der Waals surface area contributed by atoms with Crippen LogP contribution in [-0.4, -0.2) is 20.2 Å². The van der Waals surface area contributed by atoms with Crippen LogP contribution in [0.1, 0.15) is 46.0 Å². The molecule has 0 aliphatic rings. The van der Waals surface area contributed by atoms with Gasteiger partial charge in [-0.1, -0.05) is 33.1 Å². The van der Waals surface area contributed by atoms with Crippen molar-refractivity contribution in [2.24, 2.45) is 0 Å². The quantitative estimate of drug-likeness (QED) is 0.680. The summed E-state index contributed by atoms with van der Waals surface area (Å²) >= 11 is 0. The van der Waals surface area contributed by atoms with E-state index < -0.39 is 14.8 Å². The molecule has 5 heteroatoms. The van der Waals surface area contributed by atoms with E-state index in [2.05, 4.69) is 4.72 Å². The zero-order valence-corrected chi connectivity index (χ0v) is 10.5. The van der Waals surface area contributed by atoms with Crippen molar-refractivity contribution in [1.82, 2.24) is 4.72 Å². The van der Waals surface area contributed by atoms with Crippen LogP contribution in [0.25, 0.3) is 0 Å². The van der Waals surface area contributed by atoms with Crippen LogP contribution in [0.15, 0.2) is 0 Å². The summed E-state index contributed by atoms with van der Waals surface area (Å²) in [4.78, 5) is 0. The first kappa shape index (κ1) is 14.4. The van der Waals surface area contributed by atoms with E-state index in [0.29, 0.717) is 12.8 Å². The van der Waals surface area contributed by atoms with Crippen LogP contribution in [-0.2, 0) is 10.0 Å². The van der Waals surface area contributed by atoms with E-state index >= 15 is 0 Å². The third-order valence-corrected chi connectivity index (χ3v) is 4.89. The number of nitrogens with one attached hydrogen (secondary N) is 1. The van der Waals surface area contributed by atoms with E-state index in [1.807, 2.05) is 13.0 Å². The summed E-state index contributed by atoms with van der Waals surface area (Å²) in [5.41, 5.74) is 0. The van der Waals surface area contributed by atoms with Gasteiger partial charge in [-0.25, -0.2) is 13.1 Å². The number of unbranched alkanes of at least 4 members (excludes halogenated alkanes) is 2. The molecule has 0 amide bonds. The Morgan fingerprint density at radius 3 is 2.27 bits per heavy atom. The Hall–Kier alpha value is -0.600. The van der Waals surface area contributed by atoms with Gasteiger partial charge in [-0.05, 0) is 19.9 Å². The molecule has 0 aliphatic heterocycles. The summed E-state index contributed by atoms with van der Waals surface area (Å²) < 4.78 is 24.5. The van der Waals surface area contributed by atoms with Gasteiger partial charge in [0.15, 0.2) is 4.75 Å². The second-order valence-electron chi connectivity index (χ2n) is 3.62. The lowest BCUT2D eigenvalue weighted by Gasteiger charge is -2.24. The number of rotatable bonds is 7. The van der Waals surface area contributed by atoms with Crippen molar-refractivity contribution in [2.45, 2.75) is 50.7 Å². The normalized spacial score (nSPS) is 15.6. The minimum absolute atomic E-state index is 0.330. The predicted octanol–water partition coefficient (Wildman–Crippen LogP) is 1.79. The highest BCUT2D eigenvalue weighted by Gasteiger charge is 2.41. The molecule has 0 spiro atoms. The highest BCUT2D eigenvalue weighted by molar-refractivity contribution is 7.91. The maximum absolute atomic E-state index is 11.7. The monoisotopic (exact) mass is 232 g/mol. The largest absolute Gasteiger partial charge is 0.230 e. The Balaban J connectivity index is 4.84. The second-order valence-corrected chi connectivity index (χ2v) is 5.82. The predicted molar refractivity (Wildman–Crippen MR) is 60.8 cm³/mol. The van der Waals surface area contributed by atoms with Crippen LogP contribution in [0.2, 0.25) is 0 Å². The molecule has 0 saturated carbocycles. The van der Waals surface area contributed by atoms with Gasteiger partial charge >= 0.3 is 0 Å². The first-order chi connectivity index (χ1) is 6.99. The second kappa shape index (κ2) is 6.09. The van der Waals surface area contributed by atoms with Crippen LogP contribution in [0, 0.1) is 11.3 Å². The number of nitrogens with zero attached hydrogens (tertiary/aromatic N) is 1. The molecule has 1 N–H and O–H groups in total. The van der Waals surface area contributed by atoms with E-state index in [0.717, 1.165) is 19.3 Å². The van der Waals surface area contributed by atoms with Crippen molar-refractivity contribution in [3.8, 4) is 6.07 Å². The fraction of sp³-hybridized carbons (Fsp3) is 0.900. The molecule has 0 heterocycles. The van der Waals surface area contributed by atoms with E-state index in [9.17, 15) is 8.42 Å². The van der Waals surface area contributed by atoms with Gasteiger partial charge in [0.25, 0.3) is 0 Å². The third-order valence-electron chi connectivity index (χ3n) is 2.74. The Bertz CT molecular complexity index is 319. The van der Waals surface area contributed by atoms with Gasteiger partial charge in [0.05, 0.1) is 6.07 Å². The Morgan fingerprint density at radius 1 is 1.33 bits per heavy atom. The van der Waals surface area contributed by atoms with Crippen molar-refractivity contribution < 1.29 is 8.42 Å². The van der Waals surface area contributed by atoms with Gasteiger partial charge in [-0.2, -0.15) is 5.26 Å². The molecule has 4 nitrogen and oxygen atoms in total. The average molecular weight is 232 g/mol. The standard InChI is InChI=1S/C10H20N2O2S/c1-4-6-7-8-10(5-2,9-11)15(13,14)12-3/h12H,4-8H2,1-3H3. The molecule has 88 valence electrons. The van der Waals surface area contributed by atoms with Crippen LogP contribution < -0.4 is 4.72 Å². The molecule has 0 saturated heterocycles. The van der Waals surface area contributed by atoms with Crippen LogP contribution in [0.5, 0.6) is 0 Å². The van der Waals surface area contributed by atoms with Crippen molar-refractivity contribution in [1.29, 1.82) is 5.26 Å². The summed E-state index contributed by atoms with van der Waals surface area (Å²) in [5, 5.41) is 9.07. The van der Waals surface area contributed by atoms with Crippen molar-refractivity contribution in [2.75, 3.05) is 7.05 Å². The smallest absolute Gasteiger partial charge is 0.217 e. The molecule has 0 fully saturated rings. The average Bonchev–Trinajstić information content (AvgIpc) is 2.24. The summed E-state index contributed by atoms with van der Waals surface area (Å²) in [7, 11) is -2.16. The zero-order chi connectivity index (χ0) is 11.9. The fourth-order valence-corrected chi connectivity index (χ4v) is 2.86. The number of hydrogen-bond acceptors (Lipinski definition) is 3. The van der Waals surface area contributed by atoms with E-state index in [1.165, 1.54) is 7.05 Å². The lowest BCUT2D eigenvalue weighted by Crippen LogP contribution is -2.43. The lowest BCUT2D eigenvalue weighted by atomic mass is 9.99. The zero-order valence-electron chi connectivity index (χ0n) is 9.71. The highest BCUT2D eigenvalue weighted by atomic mass is 32.2. The Labute approximate surface area is 92.7 Å². The van der Waals surface area contributed by atoms with Gasteiger partial charge in [-0.15, -0.1) is 0 Å². The minimum Gasteiger partial charge on any atom is -0.217 e. The molecule has 0 bridgehead atoms. The van der Waals surface area contributed by atoms with E-state index in [4.69, 9.17) is 5.26 Å². The fourth-order valence-electron chi connectivity index (χ4n) is 1.55. The van der Waals surface area contributed by atoms with Gasteiger partial charge in [-0.3, -0.25) is 0 Å². The first-order valence-corrected chi connectivity index (χ1v) is 6.82. The summed E-state index contributed by atoms with van der Waals surface area (Å²) in [6.45, 7) is 3.79. The van der Waals surface area contributed by atoms with E-state index in [-0.39, 0.29) is 0 Å². The molecule has 0 rings (SSSR count). The number of nitriles is 1. The van der Waals surface area contributed by atoms with E-state index in [1.54, 1.807) is 6.92 Å². The third kappa shape index (κ3) is 3.18. The van der Waals surface area contributed by atoms with Gasteiger partial charge in [0.1, 0.15) is 0 Å².